The van der Waals surface area contributed by atoms with E-state index >= 15 is 4.39 Å². The fourth-order valence-corrected chi connectivity index (χ4v) is 6.09. The molecule has 1 aliphatic carbocycles. The topological polar surface area (TPSA) is 117 Å². The predicted molar refractivity (Wildman–Crippen MR) is 165 cm³/mol. The van der Waals surface area contributed by atoms with Crippen LogP contribution in [0.3, 0.4) is 0 Å². The summed E-state index contributed by atoms with van der Waals surface area (Å²) in [4.78, 5) is 38.6. The average molecular weight is 624 g/mol. The van der Waals surface area contributed by atoms with Crippen LogP contribution in [-0.2, 0) is 19.0 Å². The molecule has 1 saturated carbocycles. The molecule has 0 bridgehead atoms. The number of fused-ring (bicyclic) bond motifs is 1. The number of esters is 1. The van der Waals surface area contributed by atoms with Gasteiger partial charge in [0.05, 0.1) is 36.1 Å². The zero-order valence-corrected chi connectivity index (χ0v) is 28.2. The zero-order valence-electron chi connectivity index (χ0n) is 27.5. The van der Waals surface area contributed by atoms with Crippen molar-refractivity contribution in [2.45, 2.75) is 113 Å². The molecule has 1 N–H and O–H groups in total. The molecule has 10 nitrogen and oxygen atoms in total. The summed E-state index contributed by atoms with van der Waals surface area (Å²) in [5, 5.41) is 2.32. The quantitative estimate of drug-likeness (QED) is 0.154. The second-order valence-corrected chi connectivity index (χ2v) is 15.7. The van der Waals surface area contributed by atoms with E-state index in [0.717, 1.165) is 0 Å². The first kappa shape index (κ1) is 34.9. The minimum Gasteiger partial charge on any atom is -0.376 e. The van der Waals surface area contributed by atoms with Crippen molar-refractivity contribution >= 4 is 40.8 Å². The van der Waals surface area contributed by atoms with Gasteiger partial charge in [0.25, 0.3) is 0 Å². The summed E-state index contributed by atoms with van der Waals surface area (Å²) in [6.07, 6.45) is -2.00. The van der Waals surface area contributed by atoms with Crippen LogP contribution < -0.4 is 5.32 Å². The van der Waals surface area contributed by atoms with Gasteiger partial charge in [-0.15, -0.1) is 0 Å². The maximum Gasteiger partial charge on any atom is 0.421 e. The minimum atomic E-state index is -1.52. The lowest BCUT2D eigenvalue weighted by molar-refractivity contribution is -0.150. The van der Waals surface area contributed by atoms with Gasteiger partial charge in [-0.3, -0.25) is 10.1 Å². The van der Waals surface area contributed by atoms with E-state index < -0.39 is 64.2 Å². The number of halogens is 2. The number of aromatic nitrogens is 4. The van der Waals surface area contributed by atoms with Gasteiger partial charge in [0, 0.05) is 5.92 Å². The number of alkyl halides is 1. The number of nitrogens with zero attached hydrogens (tertiary/aromatic N) is 4. The molecule has 2 heterocycles. The van der Waals surface area contributed by atoms with Crippen LogP contribution in [0.5, 0.6) is 0 Å². The largest absolute Gasteiger partial charge is 0.421 e. The van der Waals surface area contributed by atoms with Crippen LogP contribution in [0.4, 0.5) is 15.1 Å². The Labute approximate surface area is 259 Å². The van der Waals surface area contributed by atoms with Gasteiger partial charge in [-0.25, -0.2) is 14.2 Å². The van der Waals surface area contributed by atoms with Crippen LogP contribution in [0, 0.1) is 22.7 Å². The third-order valence-corrected chi connectivity index (χ3v) is 7.37. The summed E-state index contributed by atoms with van der Waals surface area (Å²) in [6.45, 7) is 27.3. The number of nitrogens with one attached hydrogen (secondary N) is 1. The van der Waals surface area contributed by atoms with Crippen LogP contribution in [0.2, 0.25) is 5.15 Å². The van der Waals surface area contributed by atoms with Crippen molar-refractivity contribution in [2.24, 2.45) is 22.7 Å². The van der Waals surface area contributed by atoms with E-state index in [-0.39, 0.29) is 28.9 Å². The highest BCUT2D eigenvalue weighted by Crippen LogP contribution is 2.46. The lowest BCUT2D eigenvalue weighted by Crippen LogP contribution is -2.41. The highest BCUT2D eigenvalue weighted by Gasteiger charge is 2.50. The van der Waals surface area contributed by atoms with E-state index in [0.29, 0.717) is 5.57 Å². The normalized spacial score (nSPS) is 22.0. The maximum atomic E-state index is 16.3. The van der Waals surface area contributed by atoms with Gasteiger partial charge in [-0.1, -0.05) is 59.7 Å². The number of carbonyl (C=O) groups is 2. The van der Waals surface area contributed by atoms with Gasteiger partial charge in [0.15, 0.2) is 17.0 Å². The summed E-state index contributed by atoms with van der Waals surface area (Å²) in [7, 11) is 0. The molecular weight excluding hydrogens is 577 g/mol. The van der Waals surface area contributed by atoms with Crippen molar-refractivity contribution in [1.29, 1.82) is 0 Å². The van der Waals surface area contributed by atoms with Crippen molar-refractivity contribution in [2.75, 3.05) is 11.9 Å². The highest BCUT2D eigenvalue weighted by molar-refractivity contribution is 6.33. The van der Waals surface area contributed by atoms with E-state index in [2.05, 4.69) is 26.8 Å². The van der Waals surface area contributed by atoms with Crippen LogP contribution in [0.25, 0.3) is 11.2 Å². The molecule has 0 spiro atoms. The van der Waals surface area contributed by atoms with Gasteiger partial charge in [-0.2, -0.15) is 9.97 Å². The van der Waals surface area contributed by atoms with Gasteiger partial charge >= 0.3 is 12.1 Å². The number of hydrogen-bond donors (Lipinski definition) is 1. The molecular formula is C31H47ClFN5O5. The van der Waals surface area contributed by atoms with Crippen molar-refractivity contribution in [3.05, 3.63) is 23.6 Å². The number of amides is 1. The Morgan fingerprint density at radius 3 is 2.12 bits per heavy atom. The monoisotopic (exact) mass is 623 g/mol. The molecule has 12 heteroatoms. The Morgan fingerprint density at radius 2 is 1.60 bits per heavy atom. The Morgan fingerprint density at radius 1 is 1.02 bits per heavy atom. The van der Waals surface area contributed by atoms with E-state index in [1.807, 2.05) is 83.1 Å². The van der Waals surface area contributed by atoms with Crippen molar-refractivity contribution in [1.82, 2.24) is 19.5 Å². The molecule has 1 unspecified atom stereocenters. The molecule has 240 valence electrons. The number of carbonyl (C=O) groups excluding carboxylic acids is 2. The molecule has 1 amide bonds. The fraction of sp³-hybridized carbons (Fsp3) is 0.710. The number of rotatable bonds is 6. The number of imidazole rings is 1. The van der Waals surface area contributed by atoms with Crippen molar-refractivity contribution < 1.29 is 28.2 Å². The molecule has 2 aromatic heterocycles. The molecule has 0 saturated heterocycles. The zero-order chi connectivity index (χ0) is 32.9. The molecule has 4 atom stereocenters. The first-order chi connectivity index (χ1) is 19.4. The van der Waals surface area contributed by atoms with Gasteiger partial charge in [0.1, 0.15) is 11.6 Å². The van der Waals surface area contributed by atoms with Crippen molar-refractivity contribution in [3.63, 3.8) is 0 Å². The maximum absolute atomic E-state index is 16.3. The standard InChI is InChI=1S/C31H47ClFN5O5/c1-16-17(14-41-30(8,9)10)21(43-31(11,12)13)18(33)20(16)38-15-34-19-23(32)35-26(36-24(19)38)37-27(40)42-25(39)22(28(2,3)4)29(5,6)7/h15,17-18,20-22H,1,14H2,2-13H3,(H,35,36,37,40)/t17-,18+,20+,21?/m0/s1. The SMILES string of the molecule is C=C1[C@@H](n2cnc3c(Cl)nc(NC(=O)OC(=O)C(C(C)(C)C)C(C)(C)C)nc32)[C@@H](F)C(OC(C)(C)C)[C@H]1COC(C)(C)C. The summed E-state index contributed by atoms with van der Waals surface area (Å²) in [5.74, 6) is -1.93. The van der Waals surface area contributed by atoms with E-state index in [4.69, 9.17) is 25.8 Å². The smallest absolute Gasteiger partial charge is 0.376 e. The lowest BCUT2D eigenvalue weighted by Gasteiger charge is -2.38. The molecule has 2 aromatic rings. The lowest BCUT2D eigenvalue weighted by atomic mass is 9.67. The molecule has 0 aliphatic heterocycles. The summed E-state index contributed by atoms with van der Waals surface area (Å²) < 4.78 is 35.2. The summed E-state index contributed by atoms with van der Waals surface area (Å²) in [6, 6.07) is -0.905. The fourth-order valence-electron chi connectivity index (χ4n) is 5.88. The van der Waals surface area contributed by atoms with E-state index in [9.17, 15) is 9.59 Å². The first-order valence-electron chi connectivity index (χ1n) is 14.5. The Kier molecular flexibility index (Phi) is 9.76. The van der Waals surface area contributed by atoms with Crippen LogP contribution >= 0.6 is 11.6 Å². The van der Waals surface area contributed by atoms with E-state index in [1.165, 1.54) is 10.9 Å². The Balaban J connectivity index is 1.94. The summed E-state index contributed by atoms with van der Waals surface area (Å²) >= 11 is 6.41. The van der Waals surface area contributed by atoms with Crippen molar-refractivity contribution in [3.8, 4) is 0 Å². The highest BCUT2D eigenvalue weighted by atomic mass is 35.5. The average Bonchev–Trinajstić information content (AvgIpc) is 3.27. The molecule has 1 aliphatic rings. The van der Waals surface area contributed by atoms with Gasteiger partial charge in [0.2, 0.25) is 5.95 Å². The van der Waals surface area contributed by atoms with Gasteiger partial charge in [-0.05, 0) is 57.9 Å². The van der Waals surface area contributed by atoms with Crippen LogP contribution in [0.15, 0.2) is 18.5 Å². The van der Waals surface area contributed by atoms with Gasteiger partial charge < -0.3 is 18.8 Å². The Bertz CT molecular complexity index is 1350. The minimum absolute atomic E-state index is 0.0678. The molecule has 0 aromatic carbocycles. The number of hydrogen-bond acceptors (Lipinski definition) is 8. The summed E-state index contributed by atoms with van der Waals surface area (Å²) in [5.41, 5.74) is -1.06. The number of ether oxygens (including phenoxy) is 3. The molecule has 3 rings (SSSR count). The molecule has 1 fully saturated rings. The second kappa shape index (κ2) is 12.0. The third kappa shape index (κ3) is 8.30. The Hall–Kier alpha value is -2.63. The molecule has 43 heavy (non-hydrogen) atoms. The van der Waals surface area contributed by atoms with Crippen LogP contribution in [-0.4, -0.2) is 61.7 Å². The van der Waals surface area contributed by atoms with Crippen LogP contribution in [0.1, 0.15) is 89.1 Å². The molecule has 0 radical (unpaired) electrons. The predicted octanol–water partition coefficient (Wildman–Crippen LogP) is 7.33. The third-order valence-electron chi connectivity index (χ3n) is 7.11. The second-order valence-electron chi connectivity index (χ2n) is 15.3. The van der Waals surface area contributed by atoms with E-state index in [1.54, 1.807) is 0 Å². The first-order valence-corrected chi connectivity index (χ1v) is 14.9. The number of anilines is 1.